The first-order valence-corrected chi connectivity index (χ1v) is 7.61. The number of aromatic nitrogens is 2. The molecule has 1 unspecified atom stereocenters. The molecule has 2 rings (SSSR count). The standard InChI is InChI=1S/C10H11N3O4S2/c14-10(15)8(4-7-5-11-6-12-7)13-19(16,17)9-2-1-3-18-9/h1-3,5-6,8,13H,4H2,(H,11,12)(H,14,15). The Labute approximate surface area is 113 Å². The number of rotatable bonds is 6. The molecule has 0 aliphatic carbocycles. The molecule has 102 valence electrons. The molecular weight excluding hydrogens is 290 g/mol. The summed E-state index contributed by atoms with van der Waals surface area (Å²) < 4.78 is 26.1. The van der Waals surface area contributed by atoms with Gasteiger partial charge < -0.3 is 10.1 Å². The van der Waals surface area contributed by atoms with Gasteiger partial charge in [0.1, 0.15) is 10.3 Å². The monoisotopic (exact) mass is 301 g/mol. The molecule has 0 radical (unpaired) electrons. The molecule has 0 amide bonds. The molecule has 2 aromatic heterocycles. The third-order valence-corrected chi connectivity index (χ3v) is 5.20. The smallest absolute Gasteiger partial charge is 0.322 e. The zero-order chi connectivity index (χ0) is 13.9. The molecule has 0 aliphatic heterocycles. The zero-order valence-corrected chi connectivity index (χ0v) is 11.2. The minimum Gasteiger partial charge on any atom is -0.480 e. The summed E-state index contributed by atoms with van der Waals surface area (Å²) in [6, 6.07) is 1.76. The van der Waals surface area contributed by atoms with Crippen molar-refractivity contribution >= 4 is 27.3 Å². The third kappa shape index (κ3) is 3.40. The van der Waals surface area contributed by atoms with Crippen LogP contribution in [-0.2, 0) is 21.2 Å². The Kier molecular flexibility index (Phi) is 3.98. The molecule has 0 bridgehead atoms. The summed E-state index contributed by atoms with van der Waals surface area (Å²) in [5, 5.41) is 10.7. The van der Waals surface area contributed by atoms with E-state index >= 15 is 0 Å². The number of aromatic amines is 1. The highest BCUT2D eigenvalue weighted by Crippen LogP contribution is 2.16. The lowest BCUT2D eigenvalue weighted by molar-refractivity contribution is -0.138. The molecule has 7 nitrogen and oxygen atoms in total. The molecule has 9 heteroatoms. The zero-order valence-electron chi connectivity index (χ0n) is 9.61. The quantitative estimate of drug-likeness (QED) is 0.717. The number of aliphatic carboxylic acids is 1. The van der Waals surface area contributed by atoms with Crippen LogP contribution in [0.25, 0.3) is 0 Å². The second kappa shape index (κ2) is 5.51. The molecule has 0 aromatic carbocycles. The Morgan fingerprint density at radius 3 is 2.89 bits per heavy atom. The van der Waals surface area contributed by atoms with E-state index in [4.69, 9.17) is 5.11 Å². The van der Waals surface area contributed by atoms with Crippen molar-refractivity contribution in [3.05, 3.63) is 35.7 Å². The Morgan fingerprint density at radius 2 is 2.37 bits per heavy atom. The molecule has 0 saturated carbocycles. The van der Waals surface area contributed by atoms with Gasteiger partial charge in [-0.3, -0.25) is 4.79 Å². The van der Waals surface area contributed by atoms with Crippen LogP contribution in [0.4, 0.5) is 0 Å². The van der Waals surface area contributed by atoms with E-state index in [2.05, 4.69) is 14.7 Å². The van der Waals surface area contributed by atoms with Crippen molar-refractivity contribution in [3.63, 3.8) is 0 Å². The third-order valence-electron chi connectivity index (χ3n) is 2.33. The predicted octanol–water partition coefficient (Wildman–Crippen LogP) is 0.445. The topological polar surface area (TPSA) is 112 Å². The fraction of sp³-hybridized carbons (Fsp3) is 0.200. The molecule has 0 spiro atoms. The normalized spacial score (nSPS) is 13.3. The summed E-state index contributed by atoms with van der Waals surface area (Å²) in [5.74, 6) is -1.24. The van der Waals surface area contributed by atoms with Gasteiger partial charge in [0.25, 0.3) is 10.0 Å². The number of nitrogens with one attached hydrogen (secondary N) is 2. The van der Waals surface area contributed by atoms with Crippen LogP contribution < -0.4 is 4.72 Å². The first kappa shape index (κ1) is 13.7. The highest BCUT2D eigenvalue weighted by Gasteiger charge is 2.26. The maximum absolute atomic E-state index is 11.9. The highest BCUT2D eigenvalue weighted by atomic mass is 32.2. The van der Waals surface area contributed by atoms with Crippen molar-refractivity contribution in [2.45, 2.75) is 16.7 Å². The number of carbonyl (C=O) groups is 1. The van der Waals surface area contributed by atoms with Crippen LogP contribution in [0.3, 0.4) is 0 Å². The Morgan fingerprint density at radius 1 is 1.58 bits per heavy atom. The van der Waals surface area contributed by atoms with E-state index < -0.39 is 22.0 Å². The van der Waals surface area contributed by atoms with Crippen LogP contribution in [0.15, 0.2) is 34.2 Å². The van der Waals surface area contributed by atoms with Crippen molar-refractivity contribution in [2.75, 3.05) is 0 Å². The van der Waals surface area contributed by atoms with Crippen LogP contribution >= 0.6 is 11.3 Å². The van der Waals surface area contributed by atoms with Crippen LogP contribution in [0.2, 0.25) is 0 Å². The van der Waals surface area contributed by atoms with Crippen LogP contribution in [0.1, 0.15) is 5.69 Å². The predicted molar refractivity (Wildman–Crippen MR) is 68.4 cm³/mol. The van der Waals surface area contributed by atoms with Gasteiger partial charge in [-0.05, 0) is 11.4 Å². The average molecular weight is 301 g/mol. The van der Waals surface area contributed by atoms with Gasteiger partial charge in [0.2, 0.25) is 0 Å². The Bertz CT molecular complexity index is 634. The summed E-state index contributed by atoms with van der Waals surface area (Å²) in [6.45, 7) is 0. The Hall–Kier alpha value is -1.71. The lowest BCUT2D eigenvalue weighted by atomic mass is 10.2. The summed E-state index contributed by atoms with van der Waals surface area (Å²) >= 11 is 1.03. The number of H-pyrrole nitrogens is 1. The van der Waals surface area contributed by atoms with Gasteiger partial charge >= 0.3 is 5.97 Å². The number of hydrogen-bond donors (Lipinski definition) is 3. The van der Waals surface area contributed by atoms with Crippen molar-refractivity contribution in [3.8, 4) is 0 Å². The maximum Gasteiger partial charge on any atom is 0.322 e. The summed E-state index contributed by atoms with van der Waals surface area (Å²) in [4.78, 5) is 17.6. The van der Waals surface area contributed by atoms with Crippen LogP contribution in [0, 0.1) is 0 Å². The van der Waals surface area contributed by atoms with Crippen molar-refractivity contribution in [2.24, 2.45) is 0 Å². The highest BCUT2D eigenvalue weighted by molar-refractivity contribution is 7.91. The van der Waals surface area contributed by atoms with Gasteiger partial charge in [0, 0.05) is 18.3 Å². The average Bonchev–Trinajstić information content (AvgIpc) is 3.00. The molecule has 19 heavy (non-hydrogen) atoms. The lowest BCUT2D eigenvalue weighted by Crippen LogP contribution is -2.42. The van der Waals surface area contributed by atoms with Crippen molar-refractivity contribution < 1.29 is 18.3 Å². The van der Waals surface area contributed by atoms with Gasteiger partial charge in [-0.25, -0.2) is 13.4 Å². The fourth-order valence-electron chi connectivity index (χ4n) is 1.46. The molecule has 0 fully saturated rings. The number of nitrogens with zero attached hydrogens (tertiary/aromatic N) is 1. The van der Waals surface area contributed by atoms with Crippen molar-refractivity contribution in [1.82, 2.24) is 14.7 Å². The van der Waals surface area contributed by atoms with E-state index in [-0.39, 0.29) is 10.6 Å². The summed E-state index contributed by atoms with van der Waals surface area (Å²) in [7, 11) is -3.81. The molecule has 0 saturated heterocycles. The number of hydrogen-bond acceptors (Lipinski definition) is 5. The largest absolute Gasteiger partial charge is 0.480 e. The lowest BCUT2D eigenvalue weighted by Gasteiger charge is -2.12. The molecular formula is C10H11N3O4S2. The van der Waals surface area contributed by atoms with Gasteiger partial charge in [0.05, 0.1) is 6.33 Å². The summed E-state index contributed by atoms with van der Waals surface area (Å²) in [6.07, 6.45) is 2.86. The van der Waals surface area contributed by atoms with Gasteiger partial charge in [0.15, 0.2) is 0 Å². The van der Waals surface area contributed by atoms with E-state index in [1.807, 2.05) is 0 Å². The van der Waals surface area contributed by atoms with E-state index in [1.165, 1.54) is 18.6 Å². The molecule has 0 aliphatic rings. The second-order valence-corrected chi connectivity index (χ2v) is 6.61. The number of imidazole rings is 1. The number of thiophene rings is 1. The van der Waals surface area contributed by atoms with E-state index in [0.29, 0.717) is 5.69 Å². The van der Waals surface area contributed by atoms with Crippen molar-refractivity contribution in [1.29, 1.82) is 0 Å². The first-order valence-electron chi connectivity index (χ1n) is 5.25. The van der Waals surface area contributed by atoms with E-state index in [1.54, 1.807) is 11.4 Å². The first-order chi connectivity index (χ1) is 8.99. The second-order valence-electron chi connectivity index (χ2n) is 3.73. The van der Waals surface area contributed by atoms with Gasteiger partial charge in [-0.15, -0.1) is 11.3 Å². The minimum atomic E-state index is -3.81. The summed E-state index contributed by atoms with van der Waals surface area (Å²) in [5.41, 5.74) is 0.543. The number of carboxylic acids is 1. The number of sulfonamides is 1. The van der Waals surface area contributed by atoms with Crippen LogP contribution in [0.5, 0.6) is 0 Å². The van der Waals surface area contributed by atoms with E-state index in [9.17, 15) is 13.2 Å². The Balaban J connectivity index is 2.15. The molecule has 1 atom stereocenters. The van der Waals surface area contributed by atoms with Gasteiger partial charge in [-0.1, -0.05) is 6.07 Å². The SMILES string of the molecule is O=C(O)C(Cc1cnc[nH]1)NS(=O)(=O)c1cccs1. The molecule has 3 N–H and O–H groups in total. The van der Waals surface area contributed by atoms with Gasteiger partial charge in [-0.2, -0.15) is 4.72 Å². The molecule has 2 aromatic rings. The van der Waals surface area contributed by atoms with E-state index in [0.717, 1.165) is 11.3 Å². The fourth-order valence-corrected chi connectivity index (χ4v) is 3.66. The maximum atomic E-state index is 11.9. The van der Waals surface area contributed by atoms with Crippen LogP contribution in [-0.4, -0.2) is 35.5 Å². The molecule has 2 heterocycles. The number of carboxylic acid groups (broad SMARTS) is 1. The minimum absolute atomic E-state index is 0.0000609.